The Morgan fingerprint density at radius 3 is 2.53 bits per heavy atom. The number of nitrogens with zero attached hydrogens (tertiary/aromatic N) is 1. The molecule has 1 heterocycles. The molecule has 3 heteroatoms. The summed E-state index contributed by atoms with van der Waals surface area (Å²) in [4.78, 5) is 2.54. The molecular weight excluding hydrogens is 236 g/mol. The maximum absolute atomic E-state index is 5.41. The van der Waals surface area contributed by atoms with E-state index in [1.807, 2.05) is 0 Å². The van der Waals surface area contributed by atoms with Gasteiger partial charge >= 0.3 is 0 Å². The smallest absolute Gasteiger partial charge is 0.0594 e. The van der Waals surface area contributed by atoms with Crippen LogP contribution >= 0.6 is 0 Å². The molecule has 108 valence electrons. The van der Waals surface area contributed by atoms with E-state index < -0.39 is 0 Å². The van der Waals surface area contributed by atoms with Crippen molar-refractivity contribution in [2.24, 2.45) is 29.6 Å². The van der Waals surface area contributed by atoms with Crippen LogP contribution in [0.3, 0.4) is 0 Å². The Morgan fingerprint density at radius 1 is 1.16 bits per heavy atom. The molecule has 1 saturated heterocycles. The van der Waals surface area contributed by atoms with Crippen LogP contribution in [0.15, 0.2) is 0 Å². The second-order valence-electron chi connectivity index (χ2n) is 7.37. The molecule has 3 saturated carbocycles. The fourth-order valence-electron chi connectivity index (χ4n) is 5.35. The van der Waals surface area contributed by atoms with Gasteiger partial charge in [0.1, 0.15) is 0 Å². The predicted molar refractivity (Wildman–Crippen MR) is 76.0 cm³/mol. The third-order valence-electron chi connectivity index (χ3n) is 6.23. The second kappa shape index (κ2) is 5.01. The molecule has 2 bridgehead atoms. The van der Waals surface area contributed by atoms with Crippen LogP contribution < -0.4 is 5.32 Å². The number of hydrogen-bond acceptors (Lipinski definition) is 3. The zero-order valence-corrected chi connectivity index (χ0v) is 12.2. The summed E-state index contributed by atoms with van der Waals surface area (Å²) in [6.45, 7) is 8.90. The van der Waals surface area contributed by atoms with E-state index in [9.17, 15) is 0 Å². The Bertz CT molecular complexity index is 313. The summed E-state index contributed by atoms with van der Waals surface area (Å²) in [5.41, 5.74) is 0. The Morgan fingerprint density at radius 2 is 1.84 bits per heavy atom. The Kier molecular flexibility index (Phi) is 3.33. The van der Waals surface area contributed by atoms with Crippen molar-refractivity contribution in [2.45, 2.75) is 32.2 Å². The molecule has 0 aromatic heterocycles. The Hall–Kier alpha value is -0.120. The molecule has 5 atom stereocenters. The summed E-state index contributed by atoms with van der Waals surface area (Å²) in [6, 6.07) is 0.636. The van der Waals surface area contributed by atoms with Gasteiger partial charge in [0, 0.05) is 25.7 Å². The number of hydrogen-bond donors (Lipinski definition) is 1. The van der Waals surface area contributed by atoms with Crippen LogP contribution in [0.2, 0.25) is 0 Å². The topological polar surface area (TPSA) is 24.5 Å². The van der Waals surface area contributed by atoms with Gasteiger partial charge < -0.3 is 10.1 Å². The van der Waals surface area contributed by atoms with Crippen molar-refractivity contribution in [2.75, 3.05) is 39.4 Å². The van der Waals surface area contributed by atoms with Gasteiger partial charge in [0.15, 0.2) is 0 Å². The number of nitrogens with one attached hydrogen (secondary N) is 1. The van der Waals surface area contributed by atoms with Gasteiger partial charge in [0.25, 0.3) is 0 Å². The van der Waals surface area contributed by atoms with Crippen molar-refractivity contribution in [1.82, 2.24) is 10.2 Å². The minimum atomic E-state index is 0.636. The zero-order valence-electron chi connectivity index (χ0n) is 12.2. The van der Waals surface area contributed by atoms with E-state index in [4.69, 9.17) is 4.74 Å². The molecule has 5 unspecified atom stereocenters. The first-order valence-electron chi connectivity index (χ1n) is 8.36. The van der Waals surface area contributed by atoms with Crippen molar-refractivity contribution in [1.29, 1.82) is 0 Å². The maximum atomic E-state index is 5.41. The summed E-state index contributed by atoms with van der Waals surface area (Å²) >= 11 is 0. The highest BCUT2D eigenvalue weighted by Gasteiger charge is 2.64. The van der Waals surface area contributed by atoms with E-state index in [1.165, 1.54) is 13.1 Å². The third kappa shape index (κ3) is 2.34. The summed E-state index contributed by atoms with van der Waals surface area (Å²) in [5, 5.41) is 3.81. The highest BCUT2D eigenvalue weighted by atomic mass is 16.5. The molecule has 0 radical (unpaired) electrons. The van der Waals surface area contributed by atoms with Crippen LogP contribution in [0, 0.1) is 29.6 Å². The Balaban J connectivity index is 1.19. The lowest BCUT2D eigenvalue weighted by atomic mass is 10.0. The molecular formula is C16H28N2O. The average Bonchev–Trinajstić information content (AvgIpc) is 2.81. The molecule has 0 aromatic carbocycles. The van der Waals surface area contributed by atoms with Crippen LogP contribution in [-0.2, 0) is 4.74 Å². The monoisotopic (exact) mass is 264 g/mol. The first-order chi connectivity index (χ1) is 9.33. The van der Waals surface area contributed by atoms with E-state index in [2.05, 4.69) is 17.1 Å². The highest BCUT2D eigenvalue weighted by Crippen LogP contribution is 2.69. The minimum absolute atomic E-state index is 0.636. The summed E-state index contributed by atoms with van der Waals surface area (Å²) in [7, 11) is 0. The Labute approximate surface area is 117 Å². The predicted octanol–water partition coefficient (Wildman–Crippen LogP) is 1.59. The lowest BCUT2D eigenvalue weighted by molar-refractivity contribution is 0.0343. The molecule has 1 aliphatic heterocycles. The van der Waals surface area contributed by atoms with E-state index in [1.54, 1.807) is 19.3 Å². The van der Waals surface area contributed by atoms with Gasteiger partial charge in [-0.05, 0) is 62.3 Å². The van der Waals surface area contributed by atoms with Crippen LogP contribution in [0.4, 0.5) is 0 Å². The van der Waals surface area contributed by atoms with Gasteiger partial charge in [-0.3, -0.25) is 4.90 Å². The minimum Gasteiger partial charge on any atom is -0.379 e. The van der Waals surface area contributed by atoms with Crippen LogP contribution in [0.1, 0.15) is 26.2 Å². The molecule has 0 amide bonds. The normalized spacial score (nSPS) is 46.3. The van der Waals surface area contributed by atoms with Gasteiger partial charge in [-0.1, -0.05) is 0 Å². The van der Waals surface area contributed by atoms with Crippen molar-refractivity contribution < 1.29 is 4.74 Å². The molecule has 19 heavy (non-hydrogen) atoms. The quantitative estimate of drug-likeness (QED) is 0.816. The van der Waals surface area contributed by atoms with E-state index in [0.717, 1.165) is 55.9 Å². The first-order valence-corrected chi connectivity index (χ1v) is 8.36. The zero-order chi connectivity index (χ0) is 12.8. The van der Waals surface area contributed by atoms with Gasteiger partial charge in [-0.2, -0.15) is 0 Å². The largest absolute Gasteiger partial charge is 0.379 e. The second-order valence-corrected chi connectivity index (χ2v) is 7.37. The van der Waals surface area contributed by atoms with E-state index >= 15 is 0 Å². The fourth-order valence-corrected chi connectivity index (χ4v) is 5.35. The van der Waals surface area contributed by atoms with Gasteiger partial charge in [-0.25, -0.2) is 0 Å². The third-order valence-corrected chi connectivity index (χ3v) is 6.23. The SMILES string of the molecule is CC(CN1CCOCC1)NCC1C2C3CCC(C3)C12. The maximum Gasteiger partial charge on any atom is 0.0594 e. The lowest BCUT2D eigenvalue weighted by Crippen LogP contribution is -2.45. The van der Waals surface area contributed by atoms with Gasteiger partial charge in [0.2, 0.25) is 0 Å². The molecule has 3 nitrogen and oxygen atoms in total. The molecule has 0 aromatic rings. The summed E-state index contributed by atoms with van der Waals surface area (Å²) in [6.07, 6.45) is 4.67. The van der Waals surface area contributed by atoms with Gasteiger partial charge in [0.05, 0.1) is 13.2 Å². The molecule has 4 fully saturated rings. The average molecular weight is 264 g/mol. The number of fused-ring (bicyclic) bond motifs is 5. The molecule has 0 spiro atoms. The van der Waals surface area contributed by atoms with Crippen molar-refractivity contribution in [3.05, 3.63) is 0 Å². The van der Waals surface area contributed by atoms with Crippen molar-refractivity contribution in [3.8, 4) is 0 Å². The highest BCUT2D eigenvalue weighted by molar-refractivity contribution is 5.13. The van der Waals surface area contributed by atoms with E-state index in [-0.39, 0.29) is 0 Å². The molecule has 3 aliphatic carbocycles. The molecule has 4 aliphatic rings. The molecule has 1 N–H and O–H groups in total. The van der Waals surface area contributed by atoms with Crippen molar-refractivity contribution >= 4 is 0 Å². The standard InChI is InChI=1S/C16H28N2O/c1-11(10-18-4-6-19-7-5-18)17-9-14-15-12-2-3-13(8-12)16(14)15/h11-17H,2-10H2,1H3. The summed E-state index contributed by atoms with van der Waals surface area (Å²) in [5.74, 6) is 5.54. The van der Waals surface area contributed by atoms with Crippen LogP contribution in [0.5, 0.6) is 0 Å². The van der Waals surface area contributed by atoms with Crippen molar-refractivity contribution in [3.63, 3.8) is 0 Å². The molecule has 4 rings (SSSR count). The van der Waals surface area contributed by atoms with Crippen LogP contribution in [-0.4, -0.2) is 50.3 Å². The number of morpholine rings is 1. The van der Waals surface area contributed by atoms with E-state index in [0.29, 0.717) is 6.04 Å². The number of ether oxygens (including phenoxy) is 1. The van der Waals surface area contributed by atoms with Crippen LogP contribution in [0.25, 0.3) is 0 Å². The lowest BCUT2D eigenvalue weighted by Gasteiger charge is -2.29. The first kappa shape index (κ1) is 12.6. The van der Waals surface area contributed by atoms with Gasteiger partial charge in [-0.15, -0.1) is 0 Å². The fraction of sp³-hybridized carbons (Fsp3) is 1.00. The number of rotatable bonds is 5. The summed E-state index contributed by atoms with van der Waals surface area (Å²) < 4.78 is 5.41.